The molecule has 1 N–H and O–H groups in total. The third-order valence-corrected chi connectivity index (χ3v) is 3.03. The zero-order valence-corrected chi connectivity index (χ0v) is 11.5. The minimum Gasteiger partial charge on any atom is -0.376 e. The Hall–Kier alpha value is -0.0800. The fraction of sp³-hybridized carbons (Fsp3) is 1.00. The third kappa shape index (κ3) is 7.24. The Morgan fingerprint density at radius 1 is 1.25 bits per heavy atom. The Labute approximate surface area is 101 Å². The molecule has 1 rings (SSSR count). The highest BCUT2D eigenvalue weighted by molar-refractivity contribution is 4.81. The highest BCUT2D eigenvalue weighted by Gasteiger charge is 2.21. The van der Waals surface area contributed by atoms with Crippen LogP contribution in [-0.2, 0) is 4.74 Å². The number of nitrogens with one attached hydrogen (secondary N) is 1. The summed E-state index contributed by atoms with van der Waals surface area (Å²) < 4.78 is 5.80. The molecule has 0 aromatic heterocycles. The summed E-state index contributed by atoms with van der Waals surface area (Å²) in [6.45, 7) is 10.8. The monoisotopic (exact) mass is 227 g/mol. The van der Waals surface area contributed by atoms with Gasteiger partial charge in [0.2, 0.25) is 0 Å². The van der Waals surface area contributed by atoms with E-state index in [1.807, 2.05) is 0 Å². The standard InChI is InChI=1S/C14H29NO/c1-5-6-12(11-15-13-7-8-13)9-10-16-14(2,3)4/h12-13,15H,5-11H2,1-4H3. The van der Waals surface area contributed by atoms with Crippen LogP contribution in [0.5, 0.6) is 0 Å². The van der Waals surface area contributed by atoms with Crippen LogP contribution < -0.4 is 5.32 Å². The maximum Gasteiger partial charge on any atom is 0.0598 e. The van der Waals surface area contributed by atoms with Crippen molar-refractivity contribution in [2.24, 2.45) is 5.92 Å². The first-order valence-corrected chi connectivity index (χ1v) is 6.88. The van der Waals surface area contributed by atoms with Crippen molar-refractivity contribution in [3.05, 3.63) is 0 Å². The van der Waals surface area contributed by atoms with Crippen molar-refractivity contribution in [1.29, 1.82) is 0 Å². The van der Waals surface area contributed by atoms with Crippen molar-refractivity contribution >= 4 is 0 Å². The molecule has 0 heterocycles. The summed E-state index contributed by atoms with van der Waals surface area (Å²) in [7, 11) is 0. The Kier molecular flexibility index (Phi) is 5.77. The summed E-state index contributed by atoms with van der Waals surface area (Å²) in [4.78, 5) is 0. The van der Waals surface area contributed by atoms with E-state index in [2.05, 4.69) is 33.0 Å². The number of hydrogen-bond acceptors (Lipinski definition) is 2. The number of ether oxygens (including phenoxy) is 1. The van der Waals surface area contributed by atoms with Crippen LogP contribution >= 0.6 is 0 Å². The molecule has 1 atom stereocenters. The van der Waals surface area contributed by atoms with Crippen molar-refractivity contribution in [2.45, 2.75) is 71.4 Å². The van der Waals surface area contributed by atoms with E-state index in [0.717, 1.165) is 18.6 Å². The molecule has 0 spiro atoms. The van der Waals surface area contributed by atoms with E-state index in [9.17, 15) is 0 Å². The van der Waals surface area contributed by atoms with Crippen LogP contribution in [0.15, 0.2) is 0 Å². The lowest BCUT2D eigenvalue weighted by Gasteiger charge is -2.22. The molecule has 1 unspecified atom stereocenters. The van der Waals surface area contributed by atoms with Crippen molar-refractivity contribution in [3.8, 4) is 0 Å². The fourth-order valence-corrected chi connectivity index (χ4v) is 1.91. The van der Waals surface area contributed by atoms with E-state index in [1.165, 1.54) is 38.6 Å². The second kappa shape index (κ2) is 6.61. The molecule has 2 heteroatoms. The topological polar surface area (TPSA) is 21.3 Å². The van der Waals surface area contributed by atoms with Gasteiger partial charge >= 0.3 is 0 Å². The van der Waals surface area contributed by atoms with E-state index in [4.69, 9.17) is 4.74 Å². The van der Waals surface area contributed by atoms with Crippen molar-refractivity contribution in [3.63, 3.8) is 0 Å². The first-order valence-electron chi connectivity index (χ1n) is 6.88. The molecule has 0 aromatic rings. The lowest BCUT2D eigenvalue weighted by atomic mass is 10.00. The van der Waals surface area contributed by atoms with Crippen molar-refractivity contribution in [2.75, 3.05) is 13.2 Å². The number of rotatable bonds is 8. The zero-order valence-electron chi connectivity index (χ0n) is 11.5. The van der Waals surface area contributed by atoms with Gasteiger partial charge in [-0.15, -0.1) is 0 Å². The molecule has 0 amide bonds. The predicted octanol–water partition coefficient (Wildman–Crippen LogP) is 3.36. The normalized spacial score (nSPS) is 18.8. The fourth-order valence-electron chi connectivity index (χ4n) is 1.91. The molecular formula is C14H29NO. The summed E-state index contributed by atoms with van der Waals surface area (Å²) in [6, 6.07) is 0.836. The highest BCUT2D eigenvalue weighted by Crippen LogP contribution is 2.20. The van der Waals surface area contributed by atoms with E-state index in [-0.39, 0.29) is 5.60 Å². The molecular weight excluding hydrogens is 198 g/mol. The molecule has 1 aliphatic carbocycles. The first-order chi connectivity index (χ1) is 7.51. The summed E-state index contributed by atoms with van der Waals surface area (Å²) in [5.74, 6) is 0.799. The molecule has 96 valence electrons. The van der Waals surface area contributed by atoms with Gasteiger partial charge in [-0.25, -0.2) is 0 Å². The minimum absolute atomic E-state index is 0.0146. The number of hydrogen-bond donors (Lipinski definition) is 1. The Morgan fingerprint density at radius 2 is 1.94 bits per heavy atom. The predicted molar refractivity (Wildman–Crippen MR) is 69.7 cm³/mol. The van der Waals surface area contributed by atoms with Gasteiger partial charge in [-0.3, -0.25) is 0 Å². The highest BCUT2D eigenvalue weighted by atomic mass is 16.5. The second-order valence-corrected chi connectivity index (χ2v) is 6.09. The van der Waals surface area contributed by atoms with Crippen LogP contribution in [0.4, 0.5) is 0 Å². The second-order valence-electron chi connectivity index (χ2n) is 6.09. The molecule has 1 aliphatic rings. The lowest BCUT2D eigenvalue weighted by Crippen LogP contribution is -2.27. The Bertz CT molecular complexity index is 182. The van der Waals surface area contributed by atoms with Gasteiger partial charge in [0, 0.05) is 12.6 Å². The van der Waals surface area contributed by atoms with Crippen LogP contribution in [0, 0.1) is 5.92 Å². The first kappa shape index (κ1) is 14.0. The van der Waals surface area contributed by atoms with Crippen LogP contribution in [0.2, 0.25) is 0 Å². The molecule has 16 heavy (non-hydrogen) atoms. The minimum atomic E-state index is 0.0146. The molecule has 0 bridgehead atoms. The summed E-state index contributed by atoms with van der Waals surface area (Å²) in [5.41, 5.74) is 0.0146. The molecule has 0 radical (unpaired) electrons. The van der Waals surface area contributed by atoms with E-state index in [0.29, 0.717) is 0 Å². The largest absolute Gasteiger partial charge is 0.376 e. The molecule has 2 nitrogen and oxygen atoms in total. The molecule has 0 saturated heterocycles. The van der Waals surface area contributed by atoms with Gasteiger partial charge in [0.05, 0.1) is 5.60 Å². The van der Waals surface area contributed by atoms with Gasteiger partial charge in [-0.2, -0.15) is 0 Å². The quantitative estimate of drug-likeness (QED) is 0.686. The van der Waals surface area contributed by atoms with Crippen LogP contribution in [-0.4, -0.2) is 24.8 Å². The van der Waals surface area contributed by atoms with Gasteiger partial charge in [0.1, 0.15) is 0 Å². The van der Waals surface area contributed by atoms with Gasteiger partial charge < -0.3 is 10.1 Å². The maximum absolute atomic E-state index is 5.80. The van der Waals surface area contributed by atoms with Crippen LogP contribution in [0.1, 0.15) is 59.8 Å². The maximum atomic E-state index is 5.80. The summed E-state index contributed by atoms with van der Waals surface area (Å²) in [5, 5.41) is 3.63. The van der Waals surface area contributed by atoms with E-state index < -0.39 is 0 Å². The third-order valence-electron chi connectivity index (χ3n) is 3.03. The average Bonchev–Trinajstić information content (AvgIpc) is 2.95. The lowest BCUT2D eigenvalue weighted by molar-refractivity contribution is -0.00962. The molecule has 0 aromatic carbocycles. The van der Waals surface area contributed by atoms with Crippen molar-refractivity contribution < 1.29 is 4.74 Å². The summed E-state index contributed by atoms with van der Waals surface area (Å²) in [6.07, 6.45) is 6.58. The van der Waals surface area contributed by atoms with Gasteiger partial charge in [-0.1, -0.05) is 13.3 Å². The van der Waals surface area contributed by atoms with Crippen LogP contribution in [0.3, 0.4) is 0 Å². The van der Waals surface area contributed by atoms with Gasteiger partial charge in [0.15, 0.2) is 0 Å². The Morgan fingerprint density at radius 3 is 2.44 bits per heavy atom. The molecule has 1 fully saturated rings. The SMILES string of the molecule is CCCC(CCOC(C)(C)C)CNC1CC1. The molecule has 0 aliphatic heterocycles. The Balaban J connectivity index is 2.10. The van der Waals surface area contributed by atoms with Crippen molar-refractivity contribution in [1.82, 2.24) is 5.32 Å². The molecule has 1 saturated carbocycles. The van der Waals surface area contributed by atoms with E-state index in [1.54, 1.807) is 0 Å². The van der Waals surface area contributed by atoms with Crippen LogP contribution in [0.25, 0.3) is 0 Å². The zero-order chi connectivity index (χ0) is 12.0. The van der Waals surface area contributed by atoms with Gasteiger partial charge in [0.25, 0.3) is 0 Å². The smallest absolute Gasteiger partial charge is 0.0598 e. The average molecular weight is 227 g/mol. The summed E-state index contributed by atoms with van der Waals surface area (Å²) >= 11 is 0. The van der Waals surface area contributed by atoms with Gasteiger partial charge in [-0.05, 0) is 58.9 Å². The van der Waals surface area contributed by atoms with E-state index >= 15 is 0 Å².